The van der Waals surface area contributed by atoms with E-state index in [1.807, 2.05) is 11.0 Å². The molecule has 0 spiro atoms. The van der Waals surface area contributed by atoms with Crippen LogP contribution in [-0.2, 0) is 4.79 Å². The number of pyridine rings is 1. The summed E-state index contributed by atoms with van der Waals surface area (Å²) < 4.78 is 34.8. The fraction of sp³-hybridized carbons (Fsp3) is 0.231. The number of anilines is 1. The van der Waals surface area contributed by atoms with Crippen molar-refractivity contribution >= 4 is 22.6 Å². The average molecular weight is 491 g/mol. The lowest BCUT2D eigenvalue weighted by atomic mass is 10.0. The van der Waals surface area contributed by atoms with Crippen molar-refractivity contribution in [1.29, 1.82) is 0 Å². The molecule has 3 heterocycles. The largest absolute Gasteiger partial charge is 0.490 e. The summed E-state index contributed by atoms with van der Waals surface area (Å²) in [6, 6.07) is 10.3. The minimum atomic E-state index is -0.556. The van der Waals surface area contributed by atoms with Crippen molar-refractivity contribution < 1.29 is 18.3 Å². The van der Waals surface area contributed by atoms with E-state index in [1.54, 1.807) is 37.6 Å². The zero-order valence-electron chi connectivity index (χ0n) is 19.6. The first kappa shape index (κ1) is 23.6. The smallest absolute Gasteiger partial charge is 0.234 e. The molecular weight excluding hydrogens is 466 g/mol. The fourth-order valence-electron chi connectivity index (χ4n) is 4.17. The highest BCUT2D eigenvalue weighted by Crippen LogP contribution is 2.37. The van der Waals surface area contributed by atoms with Crippen molar-refractivity contribution in [2.45, 2.75) is 0 Å². The maximum Gasteiger partial charge on any atom is 0.234 e. The Morgan fingerprint density at radius 3 is 2.81 bits per heavy atom. The van der Waals surface area contributed by atoms with Crippen molar-refractivity contribution in [3.63, 3.8) is 0 Å². The maximum absolute atomic E-state index is 14.7. The molecule has 1 amide bonds. The van der Waals surface area contributed by atoms with Gasteiger partial charge in [-0.05, 0) is 48.0 Å². The number of amides is 1. The maximum atomic E-state index is 14.7. The summed E-state index contributed by atoms with van der Waals surface area (Å²) in [5.74, 6) is 0.228. The van der Waals surface area contributed by atoms with E-state index < -0.39 is 11.6 Å². The number of benzene rings is 2. The number of halogens is 2. The van der Waals surface area contributed by atoms with Crippen LogP contribution in [-0.4, -0.2) is 65.6 Å². The normalized spacial score (nSPS) is 14.0. The van der Waals surface area contributed by atoms with Crippen LogP contribution < -0.4 is 15.4 Å². The van der Waals surface area contributed by atoms with E-state index in [0.717, 1.165) is 30.3 Å². The zero-order chi connectivity index (χ0) is 25.1. The van der Waals surface area contributed by atoms with Gasteiger partial charge in [0.15, 0.2) is 5.82 Å². The van der Waals surface area contributed by atoms with Crippen LogP contribution in [0.25, 0.3) is 33.4 Å². The van der Waals surface area contributed by atoms with Crippen LogP contribution in [0.4, 0.5) is 14.6 Å². The third-order valence-corrected chi connectivity index (χ3v) is 5.94. The van der Waals surface area contributed by atoms with Gasteiger partial charge in [0.2, 0.25) is 5.91 Å². The van der Waals surface area contributed by atoms with Crippen molar-refractivity contribution in [3.8, 4) is 28.3 Å². The summed E-state index contributed by atoms with van der Waals surface area (Å²) in [6.45, 7) is 2.41. The molecular formula is C26H24F2N6O2. The quantitative estimate of drug-likeness (QED) is 0.410. The first-order valence-electron chi connectivity index (χ1n) is 11.5. The second kappa shape index (κ2) is 10.2. The number of carbonyl (C=O) groups excluding carboxylic acids is 1. The second-order valence-corrected chi connectivity index (χ2v) is 8.36. The molecule has 2 aromatic heterocycles. The number of nitrogens with zero attached hydrogens (tertiary/aromatic N) is 4. The van der Waals surface area contributed by atoms with Crippen LogP contribution in [0.15, 0.2) is 54.9 Å². The number of rotatable bonds is 7. The van der Waals surface area contributed by atoms with Gasteiger partial charge in [-0.3, -0.25) is 14.7 Å². The van der Waals surface area contributed by atoms with Gasteiger partial charge in [-0.15, -0.1) is 0 Å². The van der Waals surface area contributed by atoms with Crippen molar-refractivity contribution in [2.75, 3.05) is 45.2 Å². The molecule has 2 aromatic carbocycles. The molecule has 0 atom stereocenters. The number of hydrogen-bond acceptors (Lipinski definition) is 7. The van der Waals surface area contributed by atoms with Crippen LogP contribution in [0.2, 0.25) is 0 Å². The highest BCUT2D eigenvalue weighted by Gasteiger charge is 2.19. The summed E-state index contributed by atoms with van der Waals surface area (Å²) in [7, 11) is 1.73. The van der Waals surface area contributed by atoms with E-state index in [4.69, 9.17) is 9.72 Å². The van der Waals surface area contributed by atoms with Crippen LogP contribution >= 0.6 is 0 Å². The van der Waals surface area contributed by atoms with Gasteiger partial charge in [0.05, 0.1) is 6.54 Å². The Labute approximate surface area is 206 Å². The van der Waals surface area contributed by atoms with E-state index in [2.05, 4.69) is 20.6 Å². The number of piperazine rings is 1. The fourth-order valence-corrected chi connectivity index (χ4v) is 4.17. The van der Waals surface area contributed by atoms with Crippen molar-refractivity contribution in [1.82, 2.24) is 25.2 Å². The summed E-state index contributed by atoms with van der Waals surface area (Å²) in [6.07, 6.45) is 3.33. The van der Waals surface area contributed by atoms with Gasteiger partial charge >= 0.3 is 0 Å². The van der Waals surface area contributed by atoms with Crippen molar-refractivity contribution in [2.24, 2.45) is 0 Å². The molecule has 10 heteroatoms. The average Bonchev–Trinajstić information content (AvgIpc) is 2.90. The lowest BCUT2D eigenvalue weighted by Gasteiger charge is -2.26. The van der Waals surface area contributed by atoms with E-state index in [0.29, 0.717) is 53.5 Å². The van der Waals surface area contributed by atoms with E-state index in [1.165, 1.54) is 0 Å². The number of ether oxygens (including phenoxy) is 1. The molecule has 2 N–H and O–H groups in total. The molecule has 36 heavy (non-hydrogen) atoms. The molecule has 1 aliphatic heterocycles. The predicted molar refractivity (Wildman–Crippen MR) is 133 cm³/mol. The molecule has 4 aromatic rings. The first-order valence-corrected chi connectivity index (χ1v) is 11.5. The molecule has 0 unspecified atom stereocenters. The topological polar surface area (TPSA) is 92.3 Å². The third kappa shape index (κ3) is 4.94. The SMILES string of the molecule is CNc1nc(-c2cccnc2)nc2c(OCCN3CCNC(=O)C3)cc(-c3cc(F)ccc3F)cc12. The Morgan fingerprint density at radius 2 is 2.03 bits per heavy atom. The molecule has 0 aliphatic carbocycles. The van der Waals surface area contributed by atoms with Gasteiger partial charge in [-0.25, -0.2) is 18.7 Å². The molecule has 1 aliphatic rings. The summed E-state index contributed by atoms with van der Waals surface area (Å²) in [5, 5.41) is 6.47. The van der Waals surface area contributed by atoms with Crippen molar-refractivity contribution in [3.05, 3.63) is 66.5 Å². The minimum absolute atomic E-state index is 0.0252. The highest BCUT2D eigenvalue weighted by atomic mass is 19.1. The second-order valence-electron chi connectivity index (χ2n) is 8.36. The van der Waals surface area contributed by atoms with Gasteiger partial charge in [0.1, 0.15) is 35.3 Å². The summed E-state index contributed by atoms with van der Waals surface area (Å²) >= 11 is 0. The van der Waals surface area contributed by atoms with Crippen LogP contribution in [0.3, 0.4) is 0 Å². The predicted octanol–water partition coefficient (Wildman–Crippen LogP) is 3.49. The molecule has 0 bridgehead atoms. The molecule has 1 fully saturated rings. The Morgan fingerprint density at radius 1 is 1.14 bits per heavy atom. The first-order chi connectivity index (χ1) is 17.5. The van der Waals surface area contributed by atoms with Gasteiger partial charge in [-0.1, -0.05) is 0 Å². The Kier molecular flexibility index (Phi) is 6.68. The van der Waals surface area contributed by atoms with Gasteiger partial charge in [-0.2, -0.15) is 0 Å². The molecule has 1 saturated heterocycles. The monoisotopic (exact) mass is 490 g/mol. The van der Waals surface area contributed by atoms with Gasteiger partial charge in [0, 0.05) is 55.6 Å². The van der Waals surface area contributed by atoms with E-state index in [9.17, 15) is 13.6 Å². The lowest BCUT2D eigenvalue weighted by Crippen LogP contribution is -2.48. The molecule has 5 rings (SSSR count). The zero-order valence-corrected chi connectivity index (χ0v) is 19.6. The Hall–Kier alpha value is -4.18. The Balaban J connectivity index is 1.59. The summed E-state index contributed by atoms with van der Waals surface area (Å²) in [4.78, 5) is 27.2. The molecule has 0 radical (unpaired) electrons. The highest BCUT2D eigenvalue weighted by molar-refractivity contribution is 5.97. The van der Waals surface area contributed by atoms with E-state index in [-0.39, 0.29) is 18.1 Å². The number of carbonyl (C=O) groups is 1. The van der Waals surface area contributed by atoms with Gasteiger partial charge < -0.3 is 15.4 Å². The van der Waals surface area contributed by atoms with E-state index >= 15 is 0 Å². The van der Waals surface area contributed by atoms with Crippen LogP contribution in [0.5, 0.6) is 5.75 Å². The standard InChI is InChI=1S/C26H24F2N6O2/c1-29-26-20-11-17(19-13-18(27)4-5-21(19)28)12-22(36-10-9-34-8-7-31-23(35)15-34)24(20)32-25(33-26)16-3-2-6-30-14-16/h2-6,11-14H,7-10,15H2,1H3,(H,31,35)(H,29,32,33). The number of nitrogens with one attached hydrogen (secondary N) is 2. The number of fused-ring (bicyclic) bond motifs is 1. The lowest BCUT2D eigenvalue weighted by molar-refractivity contribution is -0.124. The third-order valence-electron chi connectivity index (χ3n) is 5.94. The van der Waals surface area contributed by atoms with Crippen LogP contribution in [0.1, 0.15) is 0 Å². The van der Waals surface area contributed by atoms with Gasteiger partial charge in [0.25, 0.3) is 0 Å². The summed E-state index contributed by atoms with van der Waals surface area (Å²) in [5.41, 5.74) is 1.78. The minimum Gasteiger partial charge on any atom is -0.490 e. The molecule has 0 saturated carbocycles. The number of hydrogen-bond donors (Lipinski definition) is 2. The molecule has 8 nitrogen and oxygen atoms in total. The molecule has 184 valence electrons. The Bertz CT molecular complexity index is 1420. The number of aromatic nitrogens is 3. The van der Waals surface area contributed by atoms with Crippen LogP contribution in [0, 0.1) is 11.6 Å².